The van der Waals surface area contributed by atoms with Crippen molar-refractivity contribution in [3.8, 4) is 11.5 Å². The van der Waals surface area contributed by atoms with Crippen LogP contribution in [0.3, 0.4) is 0 Å². The molecular formula is C44H49BrN2O12. The molecule has 7 atom stereocenters. The summed E-state index contributed by atoms with van der Waals surface area (Å²) in [7, 11) is 2.54. The van der Waals surface area contributed by atoms with Gasteiger partial charge in [-0.15, -0.1) is 0 Å². The molecule has 0 fully saturated rings. The number of benzene rings is 3. The van der Waals surface area contributed by atoms with Crippen molar-refractivity contribution in [2.45, 2.75) is 91.8 Å². The average Bonchev–Trinajstić information content (AvgIpc) is 3.45. The molecule has 3 N–H and O–H groups in total. The zero-order valence-electron chi connectivity index (χ0n) is 34.4. The number of esters is 1. The second-order valence-corrected chi connectivity index (χ2v) is 16.3. The number of carbonyl (C=O) groups is 2. The maximum atomic E-state index is 15.3. The third-order valence-corrected chi connectivity index (χ3v) is 11.5. The van der Waals surface area contributed by atoms with Gasteiger partial charge in [0.05, 0.1) is 23.0 Å². The predicted molar refractivity (Wildman–Crippen MR) is 226 cm³/mol. The van der Waals surface area contributed by atoms with Crippen molar-refractivity contribution < 1.29 is 47.9 Å². The van der Waals surface area contributed by atoms with Crippen molar-refractivity contribution in [1.82, 2.24) is 4.98 Å². The van der Waals surface area contributed by atoms with Crippen LogP contribution in [0, 0.1) is 24.7 Å². The number of aromatic nitrogens is 1. The normalized spacial score (nSPS) is 27.7. The summed E-state index contributed by atoms with van der Waals surface area (Å²) in [5.41, 5.74) is -1.03. The largest absolute Gasteiger partial charge is 0.505 e. The molecule has 59 heavy (non-hydrogen) atoms. The predicted octanol–water partition coefficient (Wildman–Crippen LogP) is 6.80. The summed E-state index contributed by atoms with van der Waals surface area (Å²) in [4.78, 5) is 60.3. The van der Waals surface area contributed by atoms with E-state index in [1.807, 2.05) is 13.0 Å². The van der Waals surface area contributed by atoms with Crippen LogP contribution >= 0.6 is 15.9 Å². The number of nitrogens with zero attached hydrogens (tertiary/aromatic N) is 1. The van der Waals surface area contributed by atoms with Gasteiger partial charge in [-0.3, -0.25) is 19.2 Å². The lowest BCUT2D eigenvalue weighted by atomic mass is 9.84. The average molecular weight is 878 g/mol. The van der Waals surface area contributed by atoms with E-state index in [0.717, 1.165) is 7.11 Å². The fourth-order valence-corrected chi connectivity index (χ4v) is 8.70. The molecular weight excluding hydrogens is 828 g/mol. The van der Waals surface area contributed by atoms with Crippen LogP contribution in [-0.4, -0.2) is 65.4 Å². The summed E-state index contributed by atoms with van der Waals surface area (Å²) in [5, 5.41) is 22.0. The Kier molecular flexibility index (Phi) is 12.6. The molecule has 6 bridgehead atoms. The van der Waals surface area contributed by atoms with Crippen molar-refractivity contribution >= 4 is 72.2 Å². The van der Waals surface area contributed by atoms with Gasteiger partial charge in [0, 0.05) is 61.0 Å². The molecule has 314 valence electrons. The Balaban J connectivity index is 0.00000288. The molecule has 4 aromatic rings. The highest BCUT2D eigenvalue weighted by atomic mass is 79.9. The number of allylic oxidation sites excluding steroid dienone is 3. The Morgan fingerprint density at radius 1 is 1.07 bits per heavy atom. The zero-order chi connectivity index (χ0) is 43.1. The highest BCUT2D eigenvalue weighted by Crippen LogP contribution is 2.44. The van der Waals surface area contributed by atoms with Crippen LogP contribution in [0.25, 0.3) is 38.7 Å². The van der Waals surface area contributed by atoms with E-state index >= 15 is 4.79 Å². The summed E-state index contributed by atoms with van der Waals surface area (Å²) >= 11 is 3.34. The first-order valence-electron chi connectivity index (χ1n) is 19.4. The number of fused-ring (bicyclic) bond motifs is 8. The molecule has 7 rings (SSSR count). The number of aliphatic hydroxyl groups excluding tert-OH is 2. The first kappa shape index (κ1) is 43.3. The van der Waals surface area contributed by atoms with E-state index in [-0.39, 0.29) is 73.0 Å². The minimum absolute atomic E-state index is 0.00953. The number of methoxy groups -OCH3 is 1. The maximum absolute atomic E-state index is 15.3. The number of hydrogen-bond donors (Lipinski definition) is 3. The first-order valence-corrected chi connectivity index (χ1v) is 20.2. The standard InChI is InChI=1S/C43H45BrN2O11.CH4O/c1-9-25-27(52-8)13-14-53-43(7)41(50)32-30-31-36(49)35(40-34(30)45-33-26(48)17-24(44)18-28(33)55-40)46-42(51)21(4)12-10-11-19(2)15-20(3)16-29(39(25)54-23(6)47)56-37(31)22(5)38(32)57-43;1-2/h10-14,17-20,25,27,29,39,50H,9,15-16H2,1-8H3,(H,46,51);2H,1H3/b11-10+,14-13+,21-12-;/t19?,20-,25-,27+,29?,39?,43+;/m1./s1. The van der Waals surface area contributed by atoms with E-state index in [0.29, 0.717) is 34.9 Å². The zero-order valence-corrected chi connectivity index (χ0v) is 36.0. The van der Waals surface area contributed by atoms with Gasteiger partial charge in [-0.2, -0.15) is 0 Å². The Labute approximate surface area is 348 Å². The number of amides is 1. The first-order chi connectivity index (χ1) is 28.1. The van der Waals surface area contributed by atoms with Gasteiger partial charge in [0.25, 0.3) is 5.91 Å². The van der Waals surface area contributed by atoms with Crippen LogP contribution in [-0.2, 0) is 23.8 Å². The number of rotatable bonds is 3. The van der Waals surface area contributed by atoms with Crippen LogP contribution in [0.5, 0.6) is 11.5 Å². The number of aliphatic hydroxyl groups is 2. The molecule has 14 nitrogen and oxygen atoms in total. The molecule has 3 unspecified atom stereocenters. The van der Waals surface area contributed by atoms with Gasteiger partial charge in [0.15, 0.2) is 22.4 Å². The maximum Gasteiger partial charge on any atom is 0.307 e. The van der Waals surface area contributed by atoms with Gasteiger partial charge in [0.2, 0.25) is 10.9 Å². The minimum Gasteiger partial charge on any atom is -0.505 e. The van der Waals surface area contributed by atoms with E-state index in [1.54, 1.807) is 32.1 Å². The molecule has 0 saturated carbocycles. The van der Waals surface area contributed by atoms with Crippen LogP contribution in [0.15, 0.2) is 66.8 Å². The Morgan fingerprint density at radius 2 is 1.80 bits per heavy atom. The molecule has 0 spiro atoms. The quantitative estimate of drug-likeness (QED) is 0.111. The SMILES string of the molecule is CC[C@H]1C(OC(C)=O)C2C[C@H](C)CC(C)/C=C/C=C(/C)C(=O)Nc3c(=O)c4c(c(C)c5c(c4c4nc6c(=O)cc(Br)cc6oc34)=C(O)[C@@](C)(O/C=C/[C@@H]1OC)O5)O2.CO. The molecule has 3 aliphatic rings. The minimum atomic E-state index is -1.82. The van der Waals surface area contributed by atoms with E-state index in [2.05, 4.69) is 35.1 Å². The second kappa shape index (κ2) is 17.2. The number of ether oxygens (including phenoxy) is 5. The summed E-state index contributed by atoms with van der Waals surface area (Å²) in [6, 6.07) is 2.87. The lowest BCUT2D eigenvalue weighted by Crippen LogP contribution is -2.46. The summed E-state index contributed by atoms with van der Waals surface area (Å²) in [5.74, 6) is -3.56. The Morgan fingerprint density at radius 3 is 2.47 bits per heavy atom. The Bertz CT molecular complexity index is 2620. The molecule has 0 saturated heterocycles. The van der Waals surface area contributed by atoms with Gasteiger partial charge in [-0.05, 0) is 57.1 Å². The molecule has 1 aromatic heterocycles. The van der Waals surface area contributed by atoms with Gasteiger partial charge in [-0.1, -0.05) is 54.9 Å². The van der Waals surface area contributed by atoms with E-state index < -0.39 is 52.8 Å². The third-order valence-electron chi connectivity index (χ3n) is 11.1. The molecule has 3 aliphatic heterocycles. The van der Waals surface area contributed by atoms with Crippen LogP contribution in [0.1, 0.15) is 66.4 Å². The topological polar surface area (TPSA) is 193 Å². The molecule has 1 amide bonds. The smallest absolute Gasteiger partial charge is 0.307 e. The van der Waals surface area contributed by atoms with Crippen LogP contribution < -0.4 is 30.9 Å². The fraction of sp³-hybridized carbons (Fsp3) is 0.432. The number of halogens is 1. The van der Waals surface area contributed by atoms with Gasteiger partial charge in [0.1, 0.15) is 34.9 Å². The lowest BCUT2D eigenvalue weighted by molar-refractivity contribution is -0.160. The monoisotopic (exact) mass is 876 g/mol. The summed E-state index contributed by atoms with van der Waals surface area (Å²) < 4.78 is 38.7. The number of nitrogens with one attached hydrogen (secondary N) is 1. The molecule has 0 radical (unpaired) electrons. The van der Waals surface area contributed by atoms with Gasteiger partial charge in [-0.25, -0.2) is 4.98 Å². The highest BCUT2D eigenvalue weighted by molar-refractivity contribution is 9.10. The second-order valence-electron chi connectivity index (χ2n) is 15.3. The van der Waals surface area contributed by atoms with Crippen molar-refractivity contribution in [2.75, 3.05) is 19.5 Å². The van der Waals surface area contributed by atoms with E-state index in [1.165, 1.54) is 39.4 Å². The van der Waals surface area contributed by atoms with E-state index in [9.17, 15) is 19.5 Å². The molecule has 4 heterocycles. The molecule has 3 aromatic carbocycles. The van der Waals surface area contributed by atoms with E-state index in [4.69, 9.17) is 38.2 Å². The highest BCUT2D eigenvalue weighted by Gasteiger charge is 2.45. The Hall–Kier alpha value is -5.25. The van der Waals surface area contributed by atoms with Crippen LogP contribution in [0.2, 0.25) is 0 Å². The number of anilines is 1. The third kappa shape index (κ3) is 7.95. The fourth-order valence-electron chi connectivity index (χ4n) is 8.28. The summed E-state index contributed by atoms with van der Waals surface area (Å²) in [6.07, 6.45) is 7.66. The number of carbonyl (C=O) groups excluding carboxylic acids is 2. The lowest BCUT2D eigenvalue weighted by Gasteiger charge is -2.37. The number of hydrogen-bond acceptors (Lipinski definition) is 13. The van der Waals surface area contributed by atoms with Gasteiger partial charge >= 0.3 is 11.8 Å². The van der Waals surface area contributed by atoms with Crippen molar-refractivity contribution in [3.05, 3.63) is 84.0 Å². The van der Waals surface area contributed by atoms with Crippen molar-refractivity contribution in [2.24, 2.45) is 17.8 Å². The molecule has 15 heteroatoms. The summed E-state index contributed by atoms with van der Waals surface area (Å²) in [6.45, 7) is 12.3. The van der Waals surface area contributed by atoms with Crippen molar-refractivity contribution in [1.29, 1.82) is 0 Å². The van der Waals surface area contributed by atoms with Gasteiger partial charge < -0.3 is 43.6 Å². The van der Waals surface area contributed by atoms with Crippen LogP contribution in [0.4, 0.5) is 5.69 Å². The van der Waals surface area contributed by atoms with Crippen molar-refractivity contribution in [3.63, 3.8) is 0 Å². The molecule has 0 aliphatic carbocycles.